The predicted octanol–water partition coefficient (Wildman–Crippen LogP) is 1.72. The first kappa shape index (κ1) is 13.5. The number of piperidine rings is 1. The maximum Gasteiger partial charge on any atom is 0.330 e. The highest BCUT2D eigenvalue weighted by Crippen LogP contribution is 2.16. The van der Waals surface area contributed by atoms with E-state index in [4.69, 9.17) is 4.74 Å². The third-order valence-corrected chi connectivity index (χ3v) is 2.57. The summed E-state index contributed by atoms with van der Waals surface area (Å²) >= 11 is 0. The second kappa shape index (κ2) is 6.89. The van der Waals surface area contributed by atoms with Crippen molar-refractivity contribution in [3.8, 4) is 0 Å². The van der Waals surface area contributed by atoms with Gasteiger partial charge >= 0.3 is 5.97 Å². The van der Waals surface area contributed by atoms with Gasteiger partial charge in [-0.3, -0.25) is 4.79 Å². The summed E-state index contributed by atoms with van der Waals surface area (Å²) in [6, 6.07) is 0. The Kier molecular flexibility index (Phi) is 5.46. The molecule has 94 valence electrons. The molecule has 0 saturated carbocycles. The fraction of sp³-hybridized carbons (Fsp3) is 0.538. The molecule has 0 spiro atoms. The summed E-state index contributed by atoms with van der Waals surface area (Å²) in [6.45, 7) is 4.49. The molecule has 1 aliphatic heterocycles. The lowest BCUT2D eigenvalue weighted by molar-refractivity contribution is -0.137. The molecule has 0 bridgehead atoms. The van der Waals surface area contributed by atoms with Gasteiger partial charge < -0.3 is 10.1 Å². The fourth-order valence-electron chi connectivity index (χ4n) is 1.76. The summed E-state index contributed by atoms with van der Waals surface area (Å²) in [6.07, 6.45) is 5.92. The summed E-state index contributed by atoms with van der Waals surface area (Å²) in [5, 5.41) is 3.21. The first-order chi connectivity index (χ1) is 8.15. The average molecular weight is 237 g/mol. The van der Waals surface area contributed by atoms with Crippen molar-refractivity contribution in [3.05, 3.63) is 23.4 Å². The van der Waals surface area contributed by atoms with Crippen molar-refractivity contribution >= 4 is 11.8 Å². The van der Waals surface area contributed by atoms with E-state index in [-0.39, 0.29) is 5.78 Å². The van der Waals surface area contributed by atoms with Gasteiger partial charge in [-0.2, -0.15) is 0 Å². The van der Waals surface area contributed by atoms with E-state index in [1.165, 1.54) is 13.0 Å². The topological polar surface area (TPSA) is 55.4 Å². The van der Waals surface area contributed by atoms with Gasteiger partial charge in [0.05, 0.1) is 6.61 Å². The Morgan fingerprint density at radius 3 is 2.65 bits per heavy atom. The maximum atomic E-state index is 11.5. The molecule has 4 nitrogen and oxygen atoms in total. The van der Waals surface area contributed by atoms with Crippen molar-refractivity contribution in [2.75, 3.05) is 13.2 Å². The summed E-state index contributed by atoms with van der Waals surface area (Å²) in [5.41, 5.74) is 1.52. The van der Waals surface area contributed by atoms with Gasteiger partial charge in [0.1, 0.15) is 0 Å². The molecule has 1 rings (SSSR count). The van der Waals surface area contributed by atoms with Crippen LogP contribution in [0.4, 0.5) is 0 Å². The highest BCUT2D eigenvalue weighted by atomic mass is 16.5. The number of allylic oxidation sites excluding steroid dienone is 3. The van der Waals surface area contributed by atoms with Crippen molar-refractivity contribution in [1.29, 1.82) is 0 Å². The Hall–Kier alpha value is -1.58. The van der Waals surface area contributed by atoms with Gasteiger partial charge in [-0.25, -0.2) is 4.79 Å². The number of nitrogens with one attached hydrogen (secondary N) is 1. The second-order valence-electron chi connectivity index (χ2n) is 3.92. The van der Waals surface area contributed by atoms with Gasteiger partial charge in [0.15, 0.2) is 5.78 Å². The number of carbonyl (C=O) groups excluding carboxylic acids is 2. The van der Waals surface area contributed by atoms with Crippen LogP contribution in [-0.2, 0) is 14.3 Å². The molecule has 0 unspecified atom stereocenters. The van der Waals surface area contributed by atoms with E-state index in [0.29, 0.717) is 12.2 Å². The van der Waals surface area contributed by atoms with Gasteiger partial charge in [-0.05, 0) is 39.2 Å². The number of ether oxygens (including phenoxy) is 1. The van der Waals surface area contributed by atoms with Gasteiger partial charge in [-0.1, -0.05) is 0 Å². The standard InChI is InChI=1S/C13H19NO3/c1-3-17-13(16)8-7-11(10(2)15)12-6-4-5-9-14-12/h7-8,14H,3-6,9H2,1-2H3/b8-7+,12-11-. The Morgan fingerprint density at radius 1 is 1.35 bits per heavy atom. The predicted molar refractivity (Wildman–Crippen MR) is 65.3 cm³/mol. The largest absolute Gasteiger partial charge is 0.463 e. The molecular weight excluding hydrogens is 218 g/mol. The lowest BCUT2D eigenvalue weighted by Crippen LogP contribution is -2.22. The van der Waals surface area contributed by atoms with Crippen LogP contribution in [0.2, 0.25) is 0 Å². The smallest absolute Gasteiger partial charge is 0.330 e. The van der Waals surface area contributed by atoms with Crippen LogP contribution in [0.5, 0.6) is 0 Å². The van der Waals surface area contributed by atoms with Crippen LogP contribution in [-0.4, -0.2) is 24.9 Å². The number of hydrogen-bond acceptors (Lipinski definition) is 4. The molecule has 1 aliphatic rings. The summed E-state index contributed by atoms with van der Waals surface area (Å²) < 4.78 is 4.78. The van der Waals surface area contributed by atoms with Crippen LogP contribution >= 0.6 is 0 Å². The zero-order valence-electron chi connectivity index (χ0n) is 10.4. The van der Waals surface area contributed by atoms with Crippen molar-refractivity contribution in [2.45, 2.75) is 33.1 Å². The number of ketones is 1. The molecule has 1 N–H and O–H groups in total. The number of Topliss-reactive ketones (excluding diaryl/α,β-unsaturated/α-hetero) is 1. The third-order valence-electron chi connectivity index (χ3n) is 2.57. The number of rotatable bonds is 4. The van der Waals surface area contributed by atoms with Crippen LogP contribution in [0.15, 0.2) is 23.4 Å². The van der Waals surface area contributed by atoms with Crippen molar-refractivity contribution in [2.24, 2.45) is 0 Å². The van der Waals surface area contributed by atoms with Crippen LogP contribution < -0.4 is 5.32 Å². The van der Waals surface area contributed by atoms with Crippen LogP contribution in [0, 0.1) is 0 Å². The molecule has 17 heavy (non-hydrogen) atoms. The molecule has 0 amide bonds. The highest BCUT2D eigenvalue weighted by molar-refractivity contribution is 5.98. The van der Waals surface area contributed by atoms with Gasteiger partial charge in [0.25, 0.3) is 0 Å². The van der Waals surface area contributed by atoms with E-state index in [2.05, 4.69) is 5.32 Å². The molecule has 0 aromatic carbocycles. The Balaban J connectivity index is 2.79. The molecule has 0 radical (unpaired) electrons. The minimum absolute atomic E-state index is 0.0325. The first-order valence-electron chi connectivity index (χ1n) is 5.98. The summed E-state index contributed by atoms with van der Waals surface area (Å²) in [5.74, 6) is -0.447. The van der Waals surface area contributed by atoms with E-state index < -0.39 is 5.97 Å². The van der Waals surface area contributed by atoms with E-state index >= 15 is 0 Å². The maximum absolute atomic E-state index is 11.5. The second-order valence-corrected chi connectivity index (χ2v) is 3.92. The number of esters is 1. The van der Waals surface area contributed by atoms with Crippen LogP contribution in [0.25, 0.3) is 0 Å². The highest BCUT2D eigenvalue weighted by Gasteiger charge is 2.12. The Labute approximate surface area is 102 Å². The number of hydrogen-bond donors (Lipinski definition) is 1. The quantitative estimate of drug-likeness (QED) is 0.597. The SMILES string of the molecule is CCOC(=O)/C=C/C(C(C)=O)=C1\CCCCN1. The van der Waals surface area contributed by atoms with E-state index in [0.717, 1.165) is 31.5 Å². The fourth-order valence-corrected chi connectivity index (χ4v) is 1.76. The monoisotopic (exact) mass is 237 g/mol. The third kappa shape index (κ3) is 4.43. The van der Waals surface area contributed by atoms with Crippen LogP contribution in [0.1, 0.15) is 33.1 Å². The zero-order chi connectivity index (χ0) is 12.7. The Morgan fingerprint density at radius 2 is 2.12 bits per heavy atom. The normalized spacial score (nSPS) is 18.7. The molecule has 0 atom stereocenters. The average Bonchev–Trinajstić information content (AvgIpc) is 2.30. The molecule has 1 fully saturated rings. The first-order valence-corrected chi connectivity index (χ1v) is 5.98. The molecule has 0 aliphatic carbocycles. The zero-order valence-corrected chi connectivity index (χ0v) is 10.4. The summed E-state index contributed by atoms with van der Waals surface area (Å²) in [7, 11) is 0. The lowest BCUT2D eigenvalue weighted by Gasteiger charge is -2.18. The molecule has 0 aromatic heterocycles. The molecule has 1 saturated heterocycles. The van der Waals surface area contributed by atoms with Crippen molar-refractivity contribution in [3.63, 3.8) is 0 Å². The lowest BCUT2D eigenvalue weighted by atomic mass is 10.0. The number of carbonyl (C=O) groups is 2. The van der Waals surface area contributed by atoms with E-state index in [1.807, 2.05) is 0 Å². The van der Waals surface area contributed by atoms with Crippen molar-refractivity contribution in [1.82, 2.24) is 5.32 Å². The molecule has 0 aromatic rings. The van der Waals surface area contributed by atoms with Gasteiger partial charge in [0, 0.05) is 23.9 Å². The molecule has 1 heterocycles. The van der Waals surface area contributed by atoms with Crippen LogP contribution in [0.3, 0.4) is 0 Å². The van der Waals surface area contributed by atoms with E-state index in [9.17, 15) is 9.59 Å². The Bertz CT molecular complexity index is 348. The molecular formula is C13H19NO3. The van der Waals surface area contributed by atoms with Gasteiger partial charge in [-0.15, -0.1) is 0 Å². The minimum atomic E-state index is -0.414. The summed E-state index contributed by atoms with van der Waals surface area (Å²) in [4.78, 5) is 22.7. The minimum Gasteiger partial charge on any atom is -0.463 e. The van der Waals surface area contributed by atoms with Crippen molar-refractivity contribution < 1.29 is 14.3 Å². The molecule has 4 heteroatoms. The van der Waals surface area contributed by atoms with Gasteiger partial charge in [0.2, 0.25) is 0 Å². The van der Waals surface area contributed by atoms with E-state index in [1.54, 1.807) is 13.0 Å².